The van der Waals surface area contributed by atoms with Gasteiger partial charge in [0.1, 0.15) is 0 Å². The van der Waals surface area contributed by atoms with Gasteiger partial charge in [-0.2, -0.15) is 0 Å². The maximum Gasteiger partial charge on any atom is 0.221 e. The van der Waals surface area contributed by atoms with E-state index >= 15 is 0 Å². The molecular weight excluding hydrogens is 192 g/mol. The second kappa shape index (κ2) is 4.10. The molecule has 0 bridgehead atoms. The number of nitrogens with one attached hydrogen (secondary N) is 1. The lowest BCUT2D eigenvalue weighted by molar-refractivity contribution is -0.127. The SMILES string of the molecule is CC1(CNC(=O)CC(N)C2CC2)COC1. The highest BCUT2D eigenvalue weighted by atomic mass is 16.5. The van der Waals surface area contributed by atoms with Crippen molar-refractivity contribution in [2.45, 2.75) is 32.2 Å². The van der Waals surface area contributed by atoms with Gasteiger partial charge in [-0.05, 0) is 18.8 Å². The van der Waals surface area contributed by atoms with Gasteiger partial charge in [-0.15, -0.1) is 0 Å². The van der Waals surface area contributed by atoms with Crippen molar-refractivity contribution in [1.82, 2.24) is 5.32 Å². The van der Waals surface area contributed by atoms with E-state index in [1.165, 1.54) is 12.8 Å². The summed E-state index contributed by atoms with van der Waals surface area (Å²) in [5.41, 5.74) is 6.03. The van der Waals surface area contributed by atoms with E-state index in [0.717, 1.165) is 13.2 Å². The number of ether oxygens (including phenoxy) is 1. The van der Waals surface area contributed by atoms with Crippen LogP contribution in [0.2, 0.25) is 0 Å². The molecule has 4 heteroatoms. The Hall–Kier alpha value is -0.610. The Labute approximate surface area is 90.5 Å². The summed E-state index contributed by atoms with van der Waals surface area (Å²) < 4.78 is 5.12. The number of nitrogens with two attached hydrogens (primary N) is 1. The topological polar surface area (TPSA) is 64.4 Å². The highest BCUT2D eigenvalue weighted by Crippen LogP contribution is 2.32. The van der Waals surface area contributed by atoms with E-state index in [1.807, 2.05) is 0 Å². The zero-order valence-corrected chi connectivity index (χ0v) is 9.29. The molecule has 0 radical (unpaired) electrons. The highest BCUT2D eigenvalue weighted by Gasteiger charge is 2.34. The van der Waals surface area contributed by atoms with Crippen LogP contribution in [-0.4, -0.2) is 31.7 Å². The summed E-state index contributed by atoms with van der Waals surface area (Å²) in [4.78, 5) is 11.5. The lowest BCUT2D eigenvalue weighted by atomic mass is 9.88. The van der Waals surface area contributed by atoms with Crippen molar-refractivity contribution in [2.75, 3.05) is 19.8 Å². The zero-order valence-electron chi connectivity index (χ0n) is 9.29. The van der Waals surface area contributed by atoms with E-state index in [9.17, 15) is 4.79 Å². The van der Waals surface area contributed by atoms with Crippen LogP contribution in [-0.2, 0) is 9.53 Å². The van der Waals surface area contributed by atoms with Crippen molar-refractivity contribution in [2.24, 2.45) is 17.1 Å². The summed E-state index contributed by atoms with van der Waals surface area (Å²) >= 11 is 0. The van der Waals surface area contributed by atoms with Gasteiger partial charge in [0.2, 0.25) is 5.91 Å². The molecule has 4 nitrogen and oxygen atoms in total. The van der Waals surface area contributed by atoms with Gasteiger partial charge < -0.3 is 15.8 Å². The number of rotatable bonds is 5. The maximum absolute atomic E-state index is 11.5. The van der Waals surface area contributed by atoms with E-state index in [2.05, 4.69) is 12.2 Å². The second-order valence-electron chi connectivity index (χ2n) is 5.29. The predicted molar refractivity (Wildman–Crippen MR) is 57.3 cm³/mol. The Kier molecular flexibility index (Phi) is 2.98. The first-order valence-electron chi connectivity index (χ1n) is 5.69. The van der Waals surface area contributed by atoms with Crippen molar-refractivity contribution in [1.29, 1.82) is 0 Å². The average molecular weight is 212 g/mol. The van der Waals surface area contributed by atoms with Gasteiger partial charge >= 0.3 is 0 Å². The van der Waals surface area contributed by atoms with E-state index in [1.54, 1.807) is 0 Å². The molecule has 1 aliphatic heterocycles. The largest absolute Gasteiger partial charge is 0.380 e. The fraction of sp³-hybridized carbons (Fsp3) is 0.909. The quantitative estimate of drug-likeness (QED) is 0.687. The molecule has 1 saturated heterocycles. The number of carbonyl (C=O) groups excluding carboxylic acids is 1. The molecule has 1 heterocycles. The molecule has 3 N–H and O–H groups in total. The Morgan fingerprint density at radius 2 is 2.27 bits per heavy atom. The van der Waals surface area contributed by atoms with Gasteiger partial charge in [0.05, 0.1) is 13.2 Å². The van der Waals surface area contributed by atoms with Crippen LogP contribution in [0.1, 0.15) is 26.2 Å². The minimum absolute atomic E-state index is 0.0652. The molecule has 0 aromatic heterocycles. The Balaban J connectivity index is 1.63. The summed E-state index contributed by atoms with van der Waals surface area (Å²) in [6.45, 7) is 4.34. The van der Waals surface area contributed by atoms with Crippen molar-refractivity contribution >= 4 is 5.91 Å². The van der Waals surface area contributed by atoms with Crippen molar-refractivity contribution in [3.63, 3.8) is 0 Å². The van der Waals surface area contributed by atoms with E-state index in [0.29, 0.717) is 18.9 Å². The number of hydrogen-bond donors (Lipinski definition) is 2. The van der Waals surface area contributed by atoms with Crippen molar-refractivity contribution in [3.05, 3.63) is 0 Å². The fourth-order valence-corrected chi connectivity index (χ4v) is 1.84. The van der Waals surface area contributed by atoms with E-state index < -0.39 is 0 Å². The van der Waals surface area contributed by atoms with Crippen LogP contribution in [0.15, 0.2) is 0 Å². The zero-order chi connectivity index (χ0) is 10.9. The monoisotopic (exact) mass is 212 g/mol. The van der Waals surface area contributed by atoms with Crippen LogP contribution in [0.25, 0.3) is 0 Å². The lowest BCUT2D eigenvalue weighted by Gasteiger charge is -2.38. The minimum atomic E-state index is 0.0652. The molecule has 0 aromatic carbocycles. The minimum Gasteiger partial charge on any atom is -0.380 e. The van der Waals surface area contributed by atoms with Crippen LogP contribution < -0.4 is 11.1 Å². The van der Waals surface area contributed by atoms with Gasteiger partial charge in [-0.1, -0.05) is 6.92 Å². The molecule has 1 aliphatic carbocycles. The molecule has 1 amide bonds. The van der Waals surface area contributed by atoms with Gasteiger partial charge in [-0.3, -0.25) is 4.79 Å². The molecule has 1 saturated carbocycles. The maximum atomic E-state index is 11.5. The molecule has 2 rings (SSSR count). The van der Waals surface area contributed by atoms with Gasteiger partial charge in [0.15, 0.2) is 0 Å². The second-order valence-corrected chi connectivity index (χ2v) is 5.29. The molecule has 1 atom stereocenters. The van der Waals surface area contributed by atoms with Crippen LogP contribution in [0.5, 0.6) is 0 Å². The van der Waals surface area contributed by atoms with E-state index in [-0.39, 0.29) is 17.4 Å². The normalized spacial score (nSPS) is 25.5. The molecular formula is C11H20N2O2. The number of hydrogen-bond acceptors (Lipinski definition) is 3. The molecule has 2 aliphatic rings. The first-order valence-corrected chi connectivity index (χ1v) is 5.69. The first kappa shape index (κ1) is 10.9. The number of carbonyl (C=O) groups is 1. The molecule has 0 aromatic rings. The third-order valence-electron chi connectivity index (χ3n) is 3.26. The smallest absolute Gasteiger partial charge is 0.221 e. The Bertz CT molecular complexity index is 247. The van der Waals surface area contributed by atoms with Crippen LogP contribution in [0, 0.1) is 11.3 Å². The first-order chi connectivity index (χ1) is 7.09. The molecule has 2 fully saturated rings. The molecule has 86 valence electrons. The van der Waals surface area contributed by atoms with Gasteiger partial charge in [0, 0.05) is 24.4 Å². The highest BCUT2D eigenvalue weighted by molar-refractivity contribution is 5.76. The standard InChI is InChI=1S/C11H20N2O2/c1-11(6-15-7-11)5-13-10(14)4-9(12)8-2-3-8/h8-9H,2-7,12H2,1H3,(H,13,14). The summed E-state index contributed by atoms with van der Waals surface area (Å²) in [6, 6.07) is 0.0652. The third kappa shape index (κ3) is 2.92. The fourth-order valence-electron chi connectivity index (χ4n) is 1.84. The average Bonchev–Trinajstić information content (AvgIpc) is 2.94. The summed E-state index contributed by atoms with van der Waals surface area (Å²) in [5.74, 6) is 0.681. The van der Waals surface area contributed by atoms with Crippen LogP contribution in [0.4, 0.5) is 0 Å². The summed E-state index contributed by atoms with van der Waals surface area (Å²) in [6.07, 6.45) is 2.86. The van der Waals surface area contributed by atoms with Crippen LogP contribution in [0.3, 0.4) is 0 Å². The Morgan fingerprint density at radius 1 is 1.60 bits per heavy atom. The van der Waals surface area contributed by atoms with Crippen molar-refractivity contribution in [3.8, 4) is 0 Å². The Morgan fingerprint density at radius 3 is 2.73 bits per heavy atom. The number of amides is 1. The molecule has 1 unspecified atom stereocenters. The summed E-state index contributed by atoms with van der Waals surface area (Å²) in [5, 5.41) is 2.94. The van der Waals surface area contributed by atoms with Crippen LogP contribution >= 0.6 is 0 Å². The molecule has 15 heavy (non-hydrogen) atoms. The molecule has 0 spiro atoms. The lowest BCUT2D eigenvalue weighted by Crippen LogP contribution is -2.49. The van der Waals surface area contributed by atoms with Gasteiger partial charge in [-0.25, -0.2) is 0 Å². The summed E-state index contributed by atoms with van der Waals surface area (Å²) in [7, 11) is 0. The third-order valence-corrected chi connectivity index (χ3v) is 3.26. The van der Waals surface area contributed by atoms with E-state index in [4.69, 9.17) is 10.5 Å². The predicted octanol–water partition coefficient (Wildman–Crippen LogP) is 0.267. The van der Waals surface area contributed by atoms with Gasteiger partial charge in [0.25, 0.3) is 0 Å². The van der Waals surface area contributed by atoms with Crippen molar-refractivity contribution < 1.29 is 9.53 Å².